The number of carbonyl (C=O) groups is 2. The maximum atomic E-state index is 12.9. The van der Waals surface area contributed by atoms with Crippen molar-refractivity contribution in [2.45, 2.75) is 161 Å². The largest absolute Gasteiger partial charge is 0.472 e. The van der Waals surface area contributed by atoms with Crippen LogP contribution in [0.2, 0.25) is 0 Å². The van der Waals surface area contributed by atoms with Crippen LogP contribution in [0.3, 0.4) is 0 Å². The van der Waals surface area contributed by atoms with Crippen molar-refractivity contribution < 1.29 is 42.1 Å². The van der Waals surface area contributed by atoms with E-state index in [1.165, 1.54) is 95.5 Å². The minimum absolute atomic E-state index is 0.00674. The molecule has 0 saturated heterocycles. The number of hydrogen-bond donors (Lipinski definition) is 1. The van der Waals surface area contributed by atoms with Crippen LogP contribution in [0.15, 0.2) is 58.8 Å². The molecule has 0 fully saturated rings. The van der Waals surface area contributed by atoms with Gasteiger partial charge in [0.2, 0.25) is 0 Å². The summed E-state index contributed by atoms with van der Waals surface area (Å²) in [6, 6.07) is 15.8. The Kier molecular flexibility index (Phi) is 27.4. The topological polar surface area (TPSA) is 133 Å². The predicted octanol–water partition coefficient (Wildman–Crippen LogP) is 12.3. The van der Waals surface area contributed by atoms with Gasteiger partial charge in [-0.1, -0.05) is 134 Å². The molecule has 0 spiro atoms. The lowest BCUT2D eigenvalue weighted by Crippen LogP contribution is -2.37. The molecule has 1 N–H and O–H groups in total. The van der Waals surface area contributed by atoms with Gasteiger partial charge in [0.15, 0.2) is 6.10 Å². The number of quaternary nitrogens is 1. The summed E-state index contributed by atoms with van der Waals surface area (Å²) >= 11 is 0. The molecular weight excluding hydrogens is 753 g/mol. The molecule has 328 valence electrons. The molecule has 0 aliphatic heterocycles. The van der Waals surface area contributed by atoms with Gasteiger partial charge in [0.1, 0.15) is 19.8 Å². The first-order valence-corrected chi connectivity index (χ1v) is 23.8. The number of phosphoric ester groups is 1. The summed E-state index contributed by atoms with van der Waals surface area (Å²) in [6.45, 7) is 4.21. The average Bonchev–Trinajstić information content (AvgIpc) is 3.19. The molecule has 58 heavy (non-hydrogen) atoms. The predicted molar refractivity (Wildman–Crippen MR) is 234 cm³/mol. The van der Waals surface area contributed by atoms with E-state index < -0.39 is 32.5 Å². The van der Waals surface area contributed by atoms with E-state index in [1.54, 1.807) is 0 Å². The molecule has 0 heterocycles. The average molecular weight is 831 g/mol. The lowest BCUT2D eigenvalue weighted by atomic mass is 10.0. The van der Waals surface area contributed by atoms with Crippen LogP contribution >= 0.6 is 7.82 Å². The highest BCUT2D eigenvalue weighted by molar-refractivity contribution is 7.47. The second kappa shape index (κ2) is 31.0. The minimum atomic E-state index is -4.42. The fourth-order valence-corrected chi connectivity index (χ4v) is 7.04. The standard InChI is InChI=1S/C46H76N3O8P/c1-6-8-10-11-12-13-14-15-16-17-18-19-20-21-22-26-45(50)54-38-44(39-56-58(52,53)55-37-36-49(3,4)5)57-46(51)27-23-25-41-30-34-43(35-31-41)48-47-42-32-28-40(29-33-42)24-9-7-2/h28-35,44H,6-27,36-39H2,1-5H3/p+1. The van der Waals surface area contributed by atoms with Gasteiger partial charge in [0.05, 0.1) is 39.1 Å². The first-order valence-electron chi connectivity index (χ1n) is 22.3. The second-order valence-corrected chi connectivity index (χ2v) is 18.0. The third kappa shape index (κ3) is 27.7. The van der Waals surface area contributed by atoms with Gasteiger partial charge < -0.3 is 18.9 Å². The first-order chi connectivity index (χ1) is 27.9. The van der Waals surface area contributed by atoms with Crippen LogP contribution in [-0.4, -0.2) is 74.9 Å². The summed E-state index contributed by atoms with van der Waals surface area (Å²) in [7, 11) is 1.39. The Morgan fingerprint density at radius 1 is 0.603 bits per heavy atom. The van der Waals surface area contributed by atoms with Gasteiger partial charge in [0.25, 0.3) is 0 Å². The summed E-state index contributed by atoms with van der Waals surface area (Å²) in [5.41, 5.74) is 3.87. The van der Waals surface area contributed by atoms with E-state index in [4.69, 9.17) is 18.5 Å². The number of hydrogen-bond acceptors (Lipinski definition) is 9. The zero-order valence-electron chi connectivity index (χ0n) is 36.7. The van der Waals surface area contributed by atoms with Gasteiger partial charge in [-0.3, -0.25) is 18.6 Å². The number of rotatable bonds is 35. The molecule has 0 radical (unpaired) electrons. The zero-order valence-corrected chi connectivity index (χ0v) is 37.6. The van der Waals surface area contributed by atoms with E-state index >= 15 is 0 Å². The van der Waals surface area contributed by atoms with Crippen molar-refractivity contribution in [2.75, 3.05) is 47.5 Å². The SMILES string of the molecule is CCCCCCCCCCCCCCCCCC(=O)OCC(COP(=O)(O)OCC[N+](C)(C)C)OC(=O)CCCc1ccc(N=Nc2ccc(CCCC)cc2)cc1. The van der Waals surface area contributed by atoms with Crippen LogP contribution in [0.25, 0.3) is 0 Å². The highest BCUT2D eigenvalue weighted by atomic mass is 31.2. The highest BCUT2D eigenvalue weighted by Gasteiger charge is 2.27. The third-order valence-electron chi connectivity index (χ3n) is 9.97. The van der Waals surface area contributed by atoms with Gasteiger partial charge in [-0.05, 0) is 67.5 Å². The molecule has 2 atom stereocenters. The Balaban J connectivity index is 1.73. The van der Waals surface area contributed by atoms with Gasteiger partial charge in [-0.25, -0.2) is 4.57 Å². The zero-order chi connectivity index (χ0) is 42.3. The number of phosphoric acid groups is 1. The highest BCUT2D eigenvalue weighted by Crippen LogP contribution is 2.43. The fourth-order valence-electron chi connectivity index (χ4n) is 6.30. The van der Waals surface area contributed by atoms with E-state index in [2.05, 4.69) is 36.2 Å². The van der Waals surface area contributed by atoms with Crippen molar-refractivity contribution in [3.05, 3.63) is 59.7 Å². The first kappa shape index (κ1) is 51.2. The van der Waals surface area contributed by atoms with Crippen molar-refractivity contribution in [3.63, 3.8) is 0 Å². The lowest BCUT2D eigenvalue weighted by Gasteiger charge is -2.24. The maximum Gasteiger partial charge on any atom is 0.472 e. The second-order valence-electron chi connectivity index (χ2n) is 16.6. The van der Waals surface area contributed by atoms with Gasteiger partial charge in [-0.2, -0.15) is 10.2 Å². The molecule has 2 aromatic carbocycles. The molecule has 0 bridgehead atoms. The van der Waals surface area contributed by atoms with E-state index in [9.17, 15) is 19.0 Å². The molecule has 11 nitrogen and oxygen atoms in total. The van der Waals surface area contributed by atoms with Crippen LogP contribution in [-0.2, 0) is 45.5 Å². The molecule has 2 rings (SSSR count). The molecule has 0 saturated carbocycles. The van der Waals surface area contributed by atoms with Crippen molar-refractivity contribution in [3.8, 4) is 0 Å². The monoisotopic (exact) mass is 831 g/mol. The van der Waals surface area contributed by atoms with Crippen LogP contribution < -0.4 is 0 Å². The number of carbonyl (C=O) groups excluding carboxylic acids is 2. The number of benzene rings is 2. The Labute approximate surface area is 350 Å². The molecule has 2 unspecified atom stereocenters. The summed E-state index contributed by atoms with van der Waals surface area (Å²) in [5, 5.41) is 8.70. The number of likely N-dealkylation sites (N-methyl/N-ethyl adjacent to an activating group) is 1. The lowest BCUT2D eigenvalue weighted by molar-refractivity contribution is -0.870. The van der Waals surface area contributed by atoms with Crippen molar-refractivity contribution >= 4 is 31.1 Å². The normalized spacial score (nSPS) is 13.4. The number of ether oxygens (including phenoxy) is 2. The fraction of sp³-hybridized carbons (Fsp3) is 0.696. The Morgan fingerprint density at radius 3 is 1.53 bits per heavy atom. The number of unbranched alkanes of at least 4 members (excludes halogenated alkanes) is 15. The number of nitrogens with zero attached hydrogens (tertiary/aromatic N) is 3. The third-order valence-corrected chi connectivity index (χ3v) is 11.0. The van der Waals surface area contributed by atoms with Gasteiger partial charge in [-0.15, -0.1) is 0 Å². The molecule has 2 aromatic rings. The van der Waals surface area contributed by atoms with Crippen LogP contribution in [0.1, 0.15) is 153 Å². The molecule has 0 aliphatic rings. The smallest absolute Gasteiger partial charge is 0.462 e. The van der Waals surface area contributed by atoms with Crippen molar-refractivity contribution in [2.24, 2.45) is 10.2 Å². The summed E-state index contributed by atoms with van der Waals surface area (Å²) in [4.78, 5) is 35.7. The molecule has 0 aromatic heterocycles. The van der Waals surface area contributed by atoms with Gasteiger partial charge in [0, 0.05) is 12.8 Å². The summed E-state index contributed by atoms with van der Waals surface area (Å²) < 4.78 is 34.4. The molecule has 12 heteroatoms. The van der Waals surface area contributed by atoms with E-state index in [0.717, 1.165) is 42.6 Å². The van der Waals surface area contributed by atoms with Crippen molar-refractivity contribution in [1.29, 1.82) is 0 Å². The summed E-state index contributed by atoms with van der Waals surface area (Å²) in [6.07, 6.45) is 22.5. The number of aryl methyl sites for hydroxylation is 2. The Hall–Kier alpha value is -2.95. The van der Waals surface area contributed by atoms with Crippen LogP contribution in [0, 0.1) is 0 Å². The number of esters is 2. The van der Waals surface area contributed by atoms with Crippen molar-refractivity contribution in [1.82, 2.24) is 0 Å². The van der Waals surface area contributed by atoms with Crippen LogP contribution in [0.5, 0.6) is 0 Å². The quantitative estimate of drug-likeness (QED) is 0.0239. The van der Waals surface area contributed by atoms with Crippen LogP contribution in [0.4, 0.5) is 11.4 Å². The summed E-state index contributed by atoms with van der Waals surface area (Å²) in [5.74, 6) is -0.915. The van der Waals surface area contributed by atoms with E-state index in [-0.39, 0.29) is 26.1 Å². The number of azo groups is 1. The van der Waals surface area contributed by atoms with E-state index in [0.29, 0.717) is 23.9 Å². The maximum absolute atomic E-state index is 12.9. The minimum Gasteiger partial charge on any atom is -0.462 e. The van der Waals surface area contributed by atoms with E-state index in [1.807, 2.05) is 57.5 Å². The Bertz CT molecular complexity index is 1450. The molecule has 0 aliphatic carbocycles. The molecular formula is C46H77N3O8P+. The Morgan fingerprint density at radius 2 is 1.05 bits per heavy atom. The van der Waals surface area contributed by atoms with Gasteiger partial charge >= 0.3 is 19.8 Å². The molecule has 0 amide bonds.